The normalized spacial score (nSPS) is 12.0. The highest BCUT2D eigenvalue weighted by atomic mass is 19.4. The van der Waals surface area contributed by atoms with Crippen molar-refractivity contribution in [3.63, 3.8) is 0 Å². The predicted octanol–water partition coefficient (Wildman–Crippen LogP) is 6.80. The summed E-state index contributed by atoms with van der Waals surface area (Å²) < 4.78 is 47.5. The summed E-state index contributed by atoms with van der Waals surface area (Å²) in [6, 6.07) is 32.1. The SMILES string of the molecule is Nc1ccc(C(F)(F)F)c(COC(c2ccccc2)(c2ccccc2)c2ccccc2)c1. The van der Waals surface area contributed by atoms with E-state index in [4.69, 9.17) is 10.5 Å². The van der Waals surface area contributed by atoms with Crippen molar-refractivity contribution >= 4 is 5.69 Å². The molecule has 0 amide bonds. The molecule has 0 saturated heterocycles. The molecule has 0 spiro atoms. The quantitative estimate of drug-likeness (QED) is 0.268. The van der Waals surface area contributed by atoms with E-state index in [9.17, 15) is 13.2 Å². The Kier molecular flexibility index (Phi) is 6.01. The molecule has 0 atom stereocenters. The van der Waals surface area contributed by atoms with Gasteiger partial charge in [-0.3, -0.25) is 0 Å². The van der Waals surface area contributed by atoms with Gasteiger partial charge >= 0.3 is 6.18 Å². The molecule has 0 unspecified atom stereocenters. The fraction of sp³-hybridized carbons (Fsp3) is 0.111. The van der Waals surface area contributed by atoms with Gasteiger partial charge in [0.2, 0.25) is 0 Å². The molecule has 5 heteroatoms. The number of ether oxygens (including phenoxy) is 1. The molecular weight excluding hydrogens is 411 g/mol. The van der Waals surface area contributed by atoms with Crippen LogP contribution < -0.4 is 5.73 Å². The summed E-state index contributed by atoms with van der Waals surface area (Å²) in [5, 5.41) is 0. The van der Waals surface area contributed by atoms with Crippen LogP contribution in [0.1, 0.15) is 27.8 Å². The van der Waals surface area contributed by atoms with E-state index in [1.165, 1.54) is 12.1 Å². The van der Waals surface area contributed by atoms with Gasteiger partial charge in [-0.2, -0.15) is 13.2 Å². The van der Waals surface area contributed by atoms with Crippen LogP contribution in [0.2, 0.25) is 0 Å². The van der Waals surface area contributed by atoms with Gasteiger partial charge in [-0.15, -0.1) is 0 Å². The number of benzene rings is 4. The van der Waals surface area contributed by atoms with Crippen LogP contribution in [-0.2, 0) is 23.1 Å². The van der Waals surface area contributed by atoms with Crippen molar-refractivity contribution in [2.45, 2.75) is 18.4 Å². The minimum atomic E-state index is -4.51. The van der Waals surface area contributed by atoms with E-state index < -0.39 is 17.3 Å². The van der Waals surface area contributed by atoms with Crippen LogP contribution in [0.4, 0.5) is 18.9 Å². The Labute approximate surface area is 185 Å². The summed E-state index contributed by atoms with van der Waals surface area (Å²) in [7, 11) is 0. The number of nitrogen functional groups attached to an aromatic ring is 1. The third-order valence-corrected chi connectivity index (χ3v) is 5.42. The van der Waals surface area contributed by atoms with E-state index in [0.717, 1.165) is 22.8 Å². The summed E-state index contributed by atoms with van der Waals surface area (Å²) in [5.74, 6) is 0. The second-order valence-corrected chi connectivity index (χ2v) is 7.48. The lowest BCUT2D eigenvalue weighted by Gasteiger charge is -2.36. The largest absolute Gasteiger partial charge is 0.416 e. The summed E-state index contributed by atoms with van der Waals surface area (Å²) >= 11 is 0. The lowest BCUT2D eigenvalue weighted by molar-refractivity contribution is -0.139. The summed E-state index contributed by atoms with van der Waals surface area (Å²) in [6.45, 7) is -0.279. The van der Waals surface area contributed by atoms with E-state index in [-0.39, 0.29) is 17.9 Å². The Morgan fingerprint density at radius 1 is 0.625 bits per heavy atom. The molecular formula is C27H22F3NO. The molecule has 0 heterocycles. The number of alkyl halides is 3. The molecule has 0 aliphatic carbocycles. The van der Waals surface area contributed by atoms with Gasteiger partial charge in [0.25, 0.3) is 0 Å². The van der Waals surface area contributed by atoms with Crippen LogP contribution >= 0.6 is 0 Å². The Morgan fingerprint density at radius 3 is 1.47 bits per heavy atom. The molecule has 4 rings (SSSR count). The van der Waals surface area contributed by atoms with Gasteiger partial charge in [0.1, 0.15) is 5.60 Å². The zero-order chi connectivity index (χ0) is 22.6. The summed E-state index contributed by atoms with van der Waals surface area (Å²) in [4.78, 5) is 0. The molecule has 2 nitrogen and oxygen atoms in total. The van der Waals surface area contributed by atoms with E-state index >= 15 is 0 Å². The van der Waals surface area contributed by atoms with Crippen LogP contribution in [0.15, 0.2) is 109 Å². The Bertz CT molecular complexity index is 1060. The fourth-order valence-electron chi connectivity index (χ4n) is 3.96. The summed E-state index contributed by atoms with van der Waals surface area (Å²) in [6.07, 6.45) is -4.51. The van der Waals surface area contributed by atoms with Gasteiger partial charge in [0.15, 0.2) is 0 Å². The van der Waals surface area contributed by atoms with Crippen molar-refractivity contribution in [3.05, 3.63) is 137 Å². The highest BCUT2D eigenvalue weighted by Gasteiger charge is 2.39. The molecule has 4 aromatic rings. The van der Waals surface area contributed by atoms with Crippen molar-refractivity contribution in [2.24, 2.45) is 0 Å². The monoisotopic (exact) mass is 433 g/mol. The number of anilines is 1. The molecule has 32 heavy (non-hydrogen) atoms. The zero-order valence-corrected chi connectivity index (χ0v) is 17.2. The van der Waals surface area contributed by atoms with Crippen molar-refractivity contribution in [2.75, 3.05) is 5.73 Å². The maximum Gasteiger partial charge on any atom is 0.416 e. The third kappa shape index (κ3) is 4.25. The lowest BCUT2D eigenvalue weighted by atomic mass is 9.80. The standard InChI is InChI=1S/C27H22F3NO/c28-27(29,30)25-17-16-24(31)18-20(25)19-32-26(21-10-4-1-5-11-21,22-12-6-2-7-13-22)23-14-8-3-9-15-23/h1-18H,19,31H2. The predicted molar refractivity (Wildman–Crippen MR) is 120 cm³/mol. The Balaban J connectivity index is 1.89. The maximum atomic E-state index is 13.7. The first-order chi connectivity index (χ1) is 15.4. The minimum absolute atomic E-state index is 0.00957. The van der Waals surface area contributed by atoms with E-state index in [1.54, 1.807) is 0 Å². The lowest BCUT2D eigenvalue weighted by Crippen LogP contribution is -2.33. The van der Waals surface area contributed by atoms with Crippen LogP contribution in [0.3, 0.4) is 0 Å². The number of nitrogens with two attached hydrogens (primary N) is 1. The number of halogens is 3. The van der Waals surface area contributed by atoms with E-state index in [0.29, 0.717) is 0 Å². The van der Waals surface area contributed by atoms with E-state index in [1.807, 2.05) is 91.0 Å². The minimum Gasteiger partial charge on any atom is -0.399 e. The Morgan fingerprint density at radius 2 is 1.06 bits per heavy atom. The zero-order valence-electron chi connectivity index (χ0n) is 17.2. The maximum absolute atomic E-state index is 13.7. The van der Waals surface area contributed by atoms with Gasteiger partial charge in [0.05, 0.1) is 12.2 Å². The van der Waals surface area contributed by atoms with Crippen LogP contribution in [0, 0.1) is 0 Å². The fourth-order valence-corrected chi connectivity index (χ4v) is 3.96. The first-order valence-electron chi connectivity index (χ1n) is 10.2. The van der Waals surface area contributed by atoms with Gasteiger partial charge < -0.3 is 10.5 Å². The molecule has 0 fully saturated rings. The highest BCUT2D eigenvalue weighted by molar-refractivity contribution is 5.49. The first-order valence-corrected chi connectivity index (χ1v) is 10.2. The topological polar surface area (TPSA) is 35.2 Å². The van der Waals surface area contributed by atoms with Gasteiger partial charge in [-0.05, 0) is 40.5 Å². The first kappa shape index (κ1) is 21.7. The molecule has 0 bridgehead atoms. The molecule has 0 aromatic heterocycles. The molecule has 162 valence electrons. The molecule has 0 aliphatic rings. The smallest absolute Gasteiger partial charge is 0.399 e. The van der Waals surface area contributed by atoms with E-state index in [2.05, 4.69) is 0 Å². The number of rotatable bonds is 6. The van der Waals surface area contributed by atoms with Gasteiger partial charge in [0, 0.05) is 5.69 Å². The van der Waals surface area contributed by atoms with Crippen LogP contribution in [0.25, 0.3) is 0 Å². The van der Waals surface area contributed by atoms with Crippen molar-refractivity contribution in [3.8, 4) is 0 Å². The van der Waals surface area contributed by atoms with Crippen LogP contribution in [-0.4, -0.2) is 0 Å². The second kappa shape index (κ2) is 8.89. The van der Waals surface area contributed by atoms with Crippen molar-refractivity contribution < 1.29 is 17.9 Å². The number of hydrogen-bond acceptors (Lipinski definition) is 2. The molecule has 0 aliphatic heterocycles. The highest BCUT2D eigenvalue weighted by Crippen LogP contribution is 2.42. The van der Waals surface area contributed by atoms with Gasteiger partial charge in [-0.25, -0.2) is 0 Å². The second-order valence-electron chi connectivity index (χ2n) is 7.48. The average Bonchev–Trinajstić information content (AvgIpc) is 2.81. The molecule has 2 N–H and O–H groups in total. The molecule has 0 radical (unpaired) electrons. The van der Waals surface area contributed by atoms with Crippen molar-refractivity contribution in [1.29, 1.82) is 0 Å². The number of hydrogen-bond donors (Lipinski definition) is 1. The summed E-state index contributed by atoms with van der Waals surface area (Å²) in [5.41, 5.74) is 6.64. The van der Waals surface area contributed by atoms with Crippen molar-refractivity contribution in [1.82, 2.24) is 0 Å². The average molecular weight is 433 g/mol. The molecule has 4 aromatic carbocycles. The van der Waals surface area contributed by atoms with Crippen LogP contribution in [0.5, 0.6) is 0 Å². The van der Waals surface area contributed by atoms with Gasteiger partial charge in [-0.1, -0.05) is 91.0 Å². The third-order valence-electron chi connectivity index (χ3n) is 5.42. The Hall–Kier alpha value is -3.57. The molecule has 0 saturated carbocycles.